The van der Waals surface area contributed by atoms with Gasteiger partial charge in [-0.15, -0.1) is 0 Å². The van der Waals surface area contributed by atoms with Gasteiger partial charge in [0.25, 0.3) is 5.91 Å². The molecule has 0 saturated heterocycles. The van der Waals surface area contributed by atoms with Crippen LogP contribution < -0.4 is 16.0 Å². The van der Waals surface area contributed by atoms with Crippen molar-refractivity contribution >= 4 is 39.4 Å². The molecule has 0 unspecified atom stereocenters. The van der Waals surface area contributed by atoms with Crippen LogP contribution in [0.3, 0.4) is 0 Å². The van der Waals surface area contributed by atoms with Crippen molar-refractivity contribution in [2.24, 2.45) is 0 Å². The Bertz CT molecular complexity index is 1110. The summed E-state index contributed by atoms with van der Waals surface area (Å²) in [5.74, 6) is -1.11. The van der Waals surface area contributed by atoms with Crippen LogP contribution in [-0.2, 0) is 14.3 Å². The van der Waals surface area contributed by atoms with Gasteiger partial charge in [-0.2, -0.15) is 0 Å². The summed E-state index contributed by atoms with van der Waals surface area (Å²) in [6.45, 7) is -0.197. The molecule has 3 rings (SSSR count). The van der Waals surface area contributed by atoms with Gasteiger partial charge in [0, 0.05) is 15.7 Å². The van der Waals surface area contributed by atoms with Gasteiger partial charge in [-0.3, -0.25) is 19.7 Å². The average molecular weight is 510 g/mol. The molecule has 0 aromatic heterocycles. The molecule has 3 N–H and O–H groups in total. The van der Waals surface area contributed by atoms with Crippen LogP contribution in [0.5, 0.6) is 0 Å². The molecular formula is C25H24BrN3O4. The number of carbonyl (C=O) groups is 3. The first kappa shape index (κ1) is 24.2. The zero-order chi connectivity index (χ0) is 23.6. The Labute approximate surface area is 200 Å². The Balaban J connectivity index is 1.79. The molecule has 0 heterocycles. The van der Waals surface area contributed by atoms with Crippen LogP contribution >= 0.6 is 15.9 Å². The molecule has 170 valence electrons. The molecule has 0 spiro atoms. The molecule has 7 nitrogen and oxygen atoms in total. The molecular weight excluding hydrogens is 486 g/mol. The summed E-state index contributed by atoms with van der Waals surface area (Å²) in [6.07, 6.45) is 0. The van der Waals surface area contributed by atoms with E-state index in [1.54, 1.807) is 30.3 Å². The van der Waals surface area contributed by atoms with E-state index in [0.29, 0.717) is 11.3 Å². The SMILES string of the molecule is COC(=O)CN[C@@H](c1ccccc1)c1cc(Br)ccc1NC(=O)CNC(=O)c1ccccc1. The lowest BCUT2D eigenvalue weighted by atomic mass is 9.97. The monoisotopic (exact) mass is 509 g/mol. The second-order valence-corrected chi connectivity index (χ2v) is 8.04. The zero-order valence-electron chi connectivity index (χ0n) is 18.0. The first-order valence-corrected chi connectivity index (χ1v) is 11.0. The number of ether oxygens (including phenoxy) is 1. The van der Waals surface area contributed by atoms with Crippen molar-refractivity contribution in [3.05, 3.63) is 100 Å². The molecule has 0 aliphatic heterocycles. The number of halogens is 1. The molecule has 8 heteroatoms. The maximum atomic E-state index is 12.6. The van der Waals surface area contributed by atoms with Gasteiger partial charge in [-0.25, -0.2) is 0 Å². The van der Waals surface area contributed by atoms with Gasteiger partial charge in [-0.05, 0) is 41.5 Å². The smallest absolute Gasteiger partial charge is 0.319 e. The van der Waals surface area contributed by atoms with Crippen molar-refractivity contribution in [3.63, 3.8) is 0 Å². The van der Waals surface area contributed by atoms with Crippen molar-refractivity contribution in [2.45, 2.75) is 6.04 Å². The fraction of sp³-hybridized carbons (Fsp3) is 0.160. The molecule has 3 aromatic carbocycles. The Morgan fingerprint density at radius 1 is 0.909 bits per heavy atom. The largest absolute Gasteiger partial charge is 0.468 e. The number of methoxy groups -OCH3 is 1. The molecule has 0 aliphatic rings. The average Bonchev–Trinajstić information content (AvgIpc) is 2.85. The quantitative estimate of drug-likeness (QED) is 0.382. The van der Waals surface area contributed by atoms with Crippen molar-refractivity contribution in [1.29, 1.82) is 0 Å². The second kappa shape index (κ2) is 11.9. The highest BCUT2D eigenvalue weighted by Gasteiger charge is 2.20. The van der Waals surface area contributed by atoms with Crippen LogP contribution in [0.1, 0.15) is 27.5 Å². The first-order valence-electron chi connectivity index (χ1n) is 10.3. The number of anilines is 1. The summed E-state index contributed by atoms with van der Waals surface area (Å²) >= 11 is 3.48. The summed E-state index contributed by atoms with van der Waals surface area (Å²) in [7, 11) is 1.33. The number of rotatable bonds is 9. The third-order valence-corrected chi connectivity index (χ3v) is 5.35. The Kier molecular flexibility index (Phi) is 8.74. The third kappa shape index (κ3) is 7.00. The lowest BCUT2D eigenvalue weighted by molar-refractivity contribution is -0.139. The lowest BCUT2D eigenvalue weighted by Crippen LogP contribution is -2.34. The van der Waals surface area contributed by atoms with Gasteiger partial charge in [0.05, 0.1) is 26.2 Å². The highest BCUT2D eigenvalue weighted by atomic mass is 79.9. The predicted molar refractivity (Wildman–Crippen MR) is 130 cm³/mol. The number of nitrogens with one attached hydrogen (secondary N) is 3. The summed E-state index contributed by atoms with van der Waals surface area (Å²) in [4.78, 5) is 36.6. The molecule has 3 aromatic rings. The Morgan fingerprint density at radius 2 is 1.58 bits per heavy atom. The summed E-state index contributed by atoms with van der Waals surface area (Å²) < 4.78 is 5.57. The van der Waals surface area contributed by atoms with E-state index >= 15 is 0 Å². The fourth-order valence-corrected chi connectivity index (χ4v) is 3.62. The first-order chi connectivity index (χ1) is 16.0. The summed E-state index contributed by atoms with van der Waals surface area (Å²) in [5, 5.41) is 8.69. The normalized spacial score (nSPS) is 11.3. The van der Waals surface area contributed by atoms with Crippen LogP contribution in [0, 0.1) is 0 Å². The van der Waals surface area contributed by atoms with Gasteiger partial charge >= 0.3 is 5.97 Å². The number of esters is 1. The minimum Gasteiger partial charge on any atom is -0.468 e. The molecule has 1 atom stereocenters. The number of amides is 2. The topological polar surface area (TPSA) is 96.5 Å². The highest BCUT2D eigenvalue weighted by Crippen LogP contribution is 2.31. The second-order valence-electron chi connectivity index (χ2n) is 7.13. The van der Waals surface area contributed by atoms with Gasteiger partial charge in [-0.1, -0.05) is 64.5 Å². The van der Waals surface area contributed by atoms with Crippen molar-refractivity contribution in [2.75, 3.05) is 25.5 Å². The van der Waals surface area contributed by atoms with E-state index in [0.717, 1.165) is 15.6 Å². The molecule has 0 fully saturated rings. The zero-order valence-corrected chi connectivity index (χ0v) is 19.6. The van der Waals surface area contributed by atoms with E-state index in [-0.39, 0.29) is 24.9 Å². The highest BCUT2D eigenvalue weighted by molar-refractivity contribution is 9.10. The standard InChI is InChI=1S/C25H24BrN3O4/c1-33-23(31)16-27-24(17-8-4-2-5-9-17)20-14-19(26)12-13-21(20)29-22(30)15-28-25(32)18-10-6-3-7-11-18/h2-14,24,27H,15-16H2,1H3,(H,28,32)(H,29,30)/t24-/m0/s1. The van der Waals surface area contributed by atoms with Crippen molar-refractivity contribution < 1.29 is 19.1 Å². The number of benzene rings is 3. The van der Waals surface area contributed by atoms with E-state index in [1.807, 2.05) is 48.5 Å². The van der Waals surface area contributed by atoms with Gasteiger partial charge in [0.1, 0.15) is 0 Å². The molecule has 0 saturated carbocycles. The number of carbonyl (C=O) groups excluding carboxylic acids is 3. The number of hydrogen-bond acceptors (Lipinski definition) is 5. The van der Waals surface area contributed by atoms with Gasteiger partial charge in [0.2, 0.25) is 5.91 Å². The van der Waals surface area contributed by atoms with E-state index in [1.165, 1.54) is 7.11 Å². The van der Waals surface area contributed by atoms with E-state index < -0.39 is 12.0 Å². The maximum absolute atomic E-state index is 12.6. The number of hydrogen-bond donors (Lipinski definition) is 3. The minimum atomic E-state index is -0.403. The van der Waals surface area contributed by atoms with E-state index in [9.17, 15) is 14.4 Å². The molecule has 0 bridgehead atoms. The van der Waals surface area contributed by atoms with Crippen molar-refractivity contribution in [3.8, 4) is 0 Å². The lowest BCUT2D eigenvalue weighted by Gasteiger charge is -2.23. The molecule has 0 radical (unpaired) electrons. The third-order valence-electron chi connectivity index (χ3n) is 4.86. The summed E-state index contributed by atoms with van der Waals surface area (Å²) in [6, 6.07) is 23.3. The van der Waals surface area contributed by atoms with Crippen LogP contribution in [-0.4, -0.2) is 38.0 Å². The van der Waals surface area contributed by atoms with E-state index in [4.69, 9.17) is 4.74 Å². The molecule has 2 amide bonds. The molecule has 0 aliphatic carbocycles. The van der Waals surface area contributed by atoms with E-state index in [2.05, 4.69) is 31.9 Å². The predicted octanol–water partition coefficient (Wildman–Crippen LogP) is 3.67. The Morgan fingerprint density at radius 3 is 2.24 bits per heavy atom. The van der Waals surface area contributed by atoms with Crippen LogP contribution in [0.2, 0.25) is 0 Å². The summed E-state index contributed by atoms with van der Waals surface area (Å²) in [5.41, 5.74) is 2.70. The fourth-order valence-electron chi connectivity index (χ4n) is 3.24. The maximum Gasteiger partial charge on any atom is 0.319 e. The molecule has 33 heavy (non-hydrogen) atoms. The van der Waals surface area contributed by atoms with Gasteiger partial charge in [0.15, 0.2) is 0 Å². The van der Waals surface area contributed by atoms with Crippen LogP contribution in [0.4, 0.5) is 5.69 Å². The van der Waals surface area contributed by atoms with Crippen LogP contribution in [0.25, 0.3) is 0 Å². The van der Waals surface area contributed by atoms with Crippen LogP contribution in [0.15, 0.2) is 83.3 Å². The van der Waals surface area contributed by atoms with Gasteiger partial charge < -0.3 is 15.4 Å². The Hall–Kier alpha value is -3.49. The minimum absolute atomic E-state index is 0.0108. The van der Waals surface area contributed by atoms with Crippen molar-refractivity contribution in [1.82, 2.24) is 10.6 Å².